The Morgan fingerprint density at radius 2 is 2.16 bits per heavy atom. The Kier molecular flexibility index (Phi) is 2.57. The van der Waals surface area contributed by atoms with Crippen molar-refractivity contribution in [3.8, 4) is 11.5 Å². The second-order valence-corrected chi connectivity index (χ2v) is 9.44. The Hall–Kier alpha value is -1.55. The number of piperidine rings is 1. The summed E-state index contributed by atoms with van der Waals surface area (Å²) < 4.78 is 7.37. The van der Waals surface area contributed by atoms with Gasteiger partial charge in [-0.1, -0.05) is 0 Å². The lowest BCUT2D eigenvalue weighted by Gasteiger charge is -2.60. The molecule has 2 aliphatic heterocycles. The van der Waals surface area contributed by atoms with E-state index in [2.05, 4.69) is 7.05 Å². The number of carbonyl (C=O) groups is 1. The number of phenols is 1. The second-order valence-electron chi connectivity index (χ2n) is 9.44. The van der Waals surface area contributed by atoms with Crippen molar-refractivity contribution in [3.05, 3.63) is 23.3 Å². The van der Waals surface area contributed by atoms with Crippen LogP contribution >= 0.6 is 0 Å². The van der Waals surface area contributed by atoms with Gasteiger partial charge in [0.15, 0.2) is 11.9 Å². The number of aromatic hydroxyl groups is 1. The molecule has 1 saturated heterocycles. The second kappa shape index (κ2) is 4.40. The van der Waals surface area contributed by atoms with E-state index >= 15 is 0 Å². The summed E-state index contributed by atoms with van der Waals surface area (Å²) in [4.78, 5) is 12.8. The van der Waals surface area contributed by atoms with Crippen LogP contribution in [-0.4, -0.2) is 47.7 Å². The first-order valence-electron chi connectivity index (χ1n) is 9.92. The minimum Gasteiger partial charge on any atom is -0.508 e. The molecule has 6 rings (SSSR count). The number of phenolic OH excluding ortho intramolecular Hbond substituents is 1. The van der Waals surface area contributed by atoms with Gasteiger partial charge in [0.2, 0.25) is 0 Å². The van der Waals surface area contributed by atoms with Crippen molar-refractivity contribution in [1.82, 2.24) is 0 Å². The highest BCUT2D eigenvalue weighted by molar-refractivity contribution is 5.88. The monoisotopic (exact) mass is 340 g/mol. The molecule has 0 amide bonds. The molecule has 3 aliphatic carbocycles. The van der Waals surface area contributed by atoms with E-state index in [1.807, 2.05) is 6.07 Å². The number of hydrogen-bond donors (Lipinski definition) is 1. The van der Waals surface area contributed by atoms with Gasteiger partial charge in [-0.2, -0.15) is 0 Å². The van der Waals surface area contributed by atoms with Crippen LogP contribution in [-0.2, 0) is 16.6 Å². The number of rotatable bonds is 2. The van der Waals surface area contributed by atoms with Gasteiger partial charge < -0.3 is 14.3 Å². The van der Waals surface area contributed by atoms with E-state index < -0.39 is 0 Å². The number of nitrogens with zero attached hydrogens (tertiary/aromatic N) is 1. The van der Waals surface area contributed by atoms with E-state index in [-0.39, 0.29) is 17.3 Å². The Bertz CT molecular complexity index is 801. The van der Waals surface area contributed by atoms with Gasteiger partial charge in [0.1, 0.15) is 11.5 Å². The van der Waals surface area contributed by atoms with Crippen LogP contribution in [0.15, 0.2) is 12.1 Å². The van der Waals surface area contributed by atoms with Crippen LogP contribution in [0.3, 0.4) is 0 Å². The Labute approximate surface area is 148 Å². The largest absolute Gasteiger partial charge is 0.508 e. The summed E-state index contributed by atoms with van der Waals surface area (Å²) >= 11 is 0. The van der Waals surface area contributed by atoms with E-state index in [1.165, 1.54) is 24.9 Å². The lowest BCUT2D eigenvalue weighted by atomic mass is 9.51. The molecule has 25 heavy (non-hydrogen) atoms. The summed E-state index contributed by atoms with van der Waals surface area (Å²) in [6.45, 7) is 2.41. The highest BCUT2D eigenvalue weighted by Crippen LogP contribution is 2.63. The van der Waals surface area contributed by atoms with Crippen molar-refractivity contribution in [1.29, 1.82) is 0 Å². The number of hydrogen-bond acceptors (Lipinski definition) is 3. The fourth-order valence-corrected chi connectivity index (χ4v) is 6.92. The minimum absolute atomic E-state index is 0.164. The molecule has 2 saturated carbocycles. The van der Waals surface area contributed by atoms with Crippen molar-refractivity contribution in [2.24, 2.45) is 11.8 Å². The first kappa shape index (κ1) is 14.6. The van der Waals surface area contributed by atoms with Crippen LogP contribution < -0.4 is 4.74 Å². The summed E-state index contributed by atoms with van der Waals surface area (Å²) in [6, 6.07) is 4.17. The van der Waals surface area contributed by atoms with Crippen molar-refractivity contribution in [3.63, 3.8) is 0 Å². The molecule has 3 unspecified atom stereocenters. The standard InChI is InChI=1S/C21H25NO3/c1-22(11-12-2-3-12)9-8-21-14-4-5-17(24)20(21)25-18-7-6-16(23)13(19(18)21)10-15(14)22/h6-7,12,14-15,20H,2-5,8-11H2,1H3/p+1/t14?,15?,20?,21-,22-/m0/s1. The molecular weight excluding hydrogens is 314 g/mol. The average Bonchev–Trinajstić information content (AvgIpc) is 3.32. The SMILES string of the molecule is C[N@@+]1(CC2CC2)CC[C@@]23c4c5ccc(O)c4CC1C2CCC(=O)C3O5. The molecule has 4 nitrogen and oxygen atoms in total. The molecule has 3 fully saturated rings. The lowest BCUT2D eigenvalue weighted by Crippen LogP contribution is -2.72. The maximum absolute atomic E-state index is 12.8. The van der Waals surface area contributed by atoms with Crippen LogP contribution in [0.5, 0.6) is 11.5 Å². The average molecular weight is 340 g/mol. The van der Waals surface area contributed by atoms with E-state index in [9.17, 15) is 9.90 Å². The van der Waals surface area contributed by atoms with E-state index in [0.717, 1.165) is 47.5 Å². The predicted octanol–water partition coefficient (Wildman–Crippen LogP) is 2.56. The predicted molar refractivity (Wildman–Crippen MR) is 92.7 cm³/mol. The normalized spacial score (nSPS) is 43.6. The third kappa shape index (κ3) is 1.65. The molecule has 0 radical (unpaired) electrons. The van der Waals surface area contributed by atoms with Crippen LogP contribution in [0, 0.1) is 11.8 Å². The lowest BCUT2D eigenvalue weighted by molar-refractivity contribution is -0.946. The van der Waals surface area contributed by atoms with Crippen molar-refractivity contribution >= 4 is 5.78 Å². The first-order chi connectivity index (χ1) is 12.0. The van der Waals surface area contributed by atoms with Gasteiger partial charge in [0.25, 0.3) is 0 Å². The number of likely N-dealkylation sites (N-methyl/N-ethyl adjacent to an activating group) is 1. The zero-order chi connectivity index (χ0) is 17.0. The van der Waals surface area contributed by atoms with E-state index in [0.29, 0.717) is 24.1 Å². The topological polar surface area (TPSA) is 46.5 Å². The molecule has 0 aromatic heterocycles. The van der Waals surface area contributed by atoms with Gasteiger partial charge in [-0.05, 0) is 31.4 Å². The van der Waals surface area contributed by atoms with Gasteiger partial charge in [0, 0.05) is 42.2 Å². The summed E-state index contributed by atoms with van der Waals surface area (Å²) in [5.41, 5.74) is 2.11. The molecule has 5 atom stereocenters. The summed E-state index contributed by atoms with van der Waals surface area (Å²) in [5, 5.41) is 10.6. The van der Waals surface area contributed by atoms with E-state index in [4.69, 9.17) is 4.74 Å². The summed E-state index contributed by atoms with van der Waals surface area (Å²) in [5.74, 6) is 2.96. The molecule has 1 N–H and O–H groups in total. The Balaban J connectivity index is 1.56. The number of carbonyl (C=O) groups excluding carboxylic acids is 1. The van der Waals surface area contributed by atoms with Crippen LogP contribution in [0.25, 0.3) is 0 Å². The molecular formula is C21H26NO3+. The quantitative estimate of drug-likeness (QED) is 0.842. The molecule has 2 bridgehead atoms. The number of benzene rings is 1. The molecule has 4 heteroatoms. The zero-order valence-electron chi connectivity index (χ0n) is 14.8. The number of Topliss-reactive ketones (excluding diaryl/α,β-unsaturated/α-hetero) is 1. The fraction of sp³-hybridized carbons (Fsp3) is 0.667. The maximum Gasteiger partial charge on any atom is 0.174 e. The van der Waals surface area contributed by atoms with Crippen LogP contribution in [0.4, 0.5) is 0 Å². The van der Waals surface area contributed by atoms with Crippen molar-refractivity contribution in [2.75, 3.05) is 20.1 Å². The Morgan fingerprint density at radius 3 is 2.96 bits per heavy atom. The van der Waals surface area contributed by atoms with Crippen molar-refractivity contribution < 1.29 is 19.1 Å². The fourth-order valence-electron chi connectivity index (χ4n) is 6.92. The third-order valence-corrected chi connectivity index (χ3v) is 8.17. The molecule has 1 aromatic rings. The van der Waals surface area contributed by atoms with Gasteiger partial charge in [-0.3, -0.25) is 4.79 Å². The van der Waals surface area contributed by atoms with Gasteiger partial charge >= 0.3 is 0 Å². The van der Waals surface area contributed by atoms with Crippen molar-refractivity contribution in [2.45, 2.75) is 56.1 Å². The van der Waals surface area contributed by atoms with Gasteiger partial charge in [-0.15, -0.1) is 0 Å². The molecule has 5 aliphatic rings. The summed E-state index contributed by atoms with van der Waals surface area (Å²) in [7, 11) is 2.43. The van der Waals surface area contributed by atoms with Gasteiger partial charge in [-0.25, -0.2) is 0 Å². The maximum atomic E-state index is 12.8. The van der Waals surface area contributed by atoms with Gasteiger partial charge in [0.05, 0.1) is 31.6 Å². The molecule has 132 valence electrons. The zero-order valence-corrected chi connectivity index (χ0v) is 14.8. The Morgan fingerprint density at radius 1 is 1.32 bits per heavy atom. The molecule has 2 heterocycles. The highest BCUT2D eigenvalue weighted by atomic mass is 16.5. The van der Waals surface area contributed by atoms with Crippen LogP contribution in [0.2, 0.25) is 0 Å². The number of ketones is 1. The minimum atomic E-state index is -0.306. The smallest absolute Gasteiger partial charge is 0.174 e. The third-order valence-electron chi connectivity index (χ3n) is 8.17. The number of quaternary nitrogens is 1. The first-order valence-corrected chi connectivity index (χ1v) is 9.92. The highest BCUT2D eigenvalue weighted by Gasteiger charge is 2.69. The molecule has 1 aromatic carbocycles. The van der Waals surface area contributed by atoms with Crippen LogP contribution in [0.1, 0.15) is 43.2 Å². The number of likely N-dealkylation sites (tertiary alicyclic amines) is 1. The molecule has 1 spiro atoms. The number of ether oxygens (including phenoxy) is 1. The van der Waals surface area contributed by atoms with E-state index in [1.54, 1.807) is 6.07 Å². The summed E-state index contributed by atoms with van der Waals surface area (Å²) in [6.07, 6.45) is 6.08.